The number of methoxy groups -OCH3 is 1. The van der Waals surface area contributed by atoms with Crippen molar-refractivity contribution in [3.63, 3.8) is 0 Å². The number of hydrogen-bond donors (Lipinski definition) is 0. The Hall–Kier alpha value is -3.38. The van der Waals surface area contributed by atoms with Gasteiger partial charge in [0.15, 0.2) is 12.4 Å². The number of aromatic nitrogens is 2. The molecule has 29 heavy (non-hydrogen) atoms. The number of carbonyl (C=O) groups excluding carboxylic acids is 2. The van der Waals surface area contributed by atoms with Gasteiger partial charge in [-0.1, -0.05) is 29.8 Å². The maximum atomic E-state index is 12.5. The Morgan fingerprint density at radius 1 is 1.10 bits per heavy atom. The van der Waals surface area contributed by atoms with E-state index in [4.69, 9.17) is 16.3 Å². The van der Waals surface area contributed by atoms with E-state index in [1.807, 2.05) is 37.3 Å². The first kappa shape index (κ1) is 20.4. The van der Waals surface area contributed by atoms with Crippen LogP contribution in [0.3, 0.4) is 0 Å². The summed E-state index contributed by atoms with van der Waals surface area (Å²) in [6.45, 7) is 1.65. The SMILES string of the molecule is COC(=O)COc1ccc(C(=O)/C=C/c2c(C)nn(-c3ccccc3)c2Cl)cc1. The van der Waals surface area contributed by atoms with Crippen LogP contribution in [-0.4, -0.2) is 35.2 Å². The number of ether oxygens (including phenoxy) is 2. The maximum absolute atomic E-state index is 12.5. The van der Waals surface area contributed by atoms with Gasteiger partial charge in [0.1, 0.15) is 10.9 Å². The van der Waals surface area contributed by atoms with Gasteiger partial charge in [-0.25, -0.2) is 9.48 Å². The molecule has 0 aliphatic rings. The van der Waals surface area contributed by atoms with E-state index in [1.54, 1.807) is 35.0 Å². The van der Waals surface area contributed by atoms with Crippen molar-refractivity contribution in [1.82, 2.24) is 9.78 Å². The quantitative estimate of drug-likeness (QED) is 0.330. The molecule has 0 aliphatic heterocycles. The Labute approximate surface area is 173 Å². The normalized spacial score (nSPS) is 10.9. The highest BCUT2D eigenvalue weighted by Crippen LogP contribution is 2.25. The van der Waals surface area contributed by atoms with Crippen LogP contribution in [-0.2, 0) is 9.53 Å². The summed E-state index contributed by atoms with van der Waals surface area (Å²) in [5.41, 5.74) is 2.72. The third-order valence-corrected chi connectivity index (χ3v) is 4.54. The summed E-state index contributed by atoms with van der Waals surface area (Å²) in [7, 11) is 1.29. The second kappa shape index (κ2) is 9.21. The van der Waals surface area contributed by atoms with Crippen LogP contribution in [0, 0.1) is 6.92 Å². The fraction of sp³-hybridized carbons (Fsp3) is 0.136. The van der Waals surface area contributed by atoms with Crippen molar-refractivity contribution in [1.29, 1.82) is 0 Å². The molecule has 0 spiro atoms. The first-order valence-corrected chi connectivity index (χ1v) is 9.20. The lowest BCUT2D eigenvalue weighted by molar-refractivity contribution is -0.142. The summed E-state index contributed by atoms with van der Waals surface area (Å²) in [5, 5.41) is 4.89. The molecule has 0 fully saturated rings. The van der Waals surface area contributed by atoms with E-state index in [1.165, 1.54) is 13.2 Å². The average molecular weight is 411 g/mol. The minimum atomic E-state index is -0.476. The monoisotopic (exact) mass is 410 g/mol. The predicted molar refractivity (Wildman–Crippen MR) is 111 cm³/mol. The minimum absolute atomic E-state index is 0.188. The molecule has 0 aliphatic carbocycles. The Morgan fingerprint density at radius 3 is 2.45 bits per heavy atom. The molecule has 1 aromatic heterocycles. The van der Waals surface area contributed by atoms with Crippen LogP contribution in [0.15, 0.2) is 60.7 Å². The van der Waals surface area contributed by atoms with Gasteiger partial charge in [0, 0.05) is 11.1 Å². The maximum Gasteiger partial charge on any atom is 0.343 e. The van der Waals surface area contributed by atoms with E-state index in [0.29, 0.717) is 22.0 Å². The smallest absolute Gasteiger partial charge is 0.343 e. The van der Waals surface area contributed by atoms with Crippen molar-refractivity contribution in [3.05, 3.63) is 82.6 Å². The molecule has 0 saturated carbocycles. The molecule has 3 aromatic rings. The number of halogens is 1. The van der Waals surface area contributed by atoms with Crippen LogP contribution in [0.5, 0.6) is 5.75 Å². The molecule has 0 atom stereocenters. The molecule has 0 saturated heterocycles. The first-order valence-electron chi connectivity index (χ1n) is 8.82. The van der Waals surface area contributed by atoms with E-state index < -0.39 is 5.97 Å². The minimum Gasteiger partial charge on any atom is -0.482 e. The van der Waals surface area contributed by atoms with E-state index in [2.05, 4.69) is 9.84 Å². The number of allylic oxidation sites excluding steroid dienone is 1. The van der Waals surface area contributed by atoms with Crippen LogP contribution in [0.4, 0.5) is 0 Å². The van der Waals surface area contributed by atoms with Crippen LogP contribution in [0.1, 0.15) is 21.6 Å². The van der Waals surface area contributed by atoms with Gasteiger partial charge in [0.05, 0.1) is 18.5 Å². The van der Waals surface area contributed by atoms with Crippen LogP contribution in [0.2, 0.25) is 5.15 Å². The van der Waals surface area contributed by atoms with Crippen molar-refractivity contribution < 1.29 is 19.1 Å². The summed E-state index contributed by atoms with van der Waals surface area (Å²) in [4.78, 5) is 23.6. The molecule has 0 radical (unpaired) electrons. The zero-order valence-corrected chi connectivity index (χ0v) is 16.7. The Bertz CT molecular complexity index is 1040. The van der Waals surface area contributed by atoms with Crippen LogP contribution in [0.25, 0.3) is 11.8 Å². The average Bonchev–Trinajstić information content (AvgIpc) is 3.04. The van der Waals surface area contributed by atoms with Crippen molar-refractivity contribution in [2.75, 3.05) is 13.7 Å². The van der Waals surface area contributed by atoms with E-state index in [9.17, 15) is 9.59 Å². The Morgan fingerprint density at radius 2 is 1.79 bits per heavy atom. The number of ketones is 1. The van der Waals surface area contributed by atoms with Crippen LogP contribution < -0.4 is 4.74 Å². The van der Waals surface area contributed by atoms with Crippen molar-refractivity contribution in [2.45, 2.75) is 6.92 Å². The standard InChI is InChI=1S/C22H19ClN2O4/c1-15-19(22(23)25(24-15)17-6-4-3-5-7-17)12-13-20(26)16-8-10-18(11-9-16)29-14-21(27)28-2/h3-13H,14H2,1-2H3/b13-12+. The first-order chi connectivity index (χ1) is 14.0. The number of aryl methyl sites for hydroxylation is 1. The van der Waals surface area contributed by atoms with Gasteiger partial charge in [0.2, 0.25) is 0 Å². The number of nitrogens with zero attached hydrogens (tertiary/aromatic N) is 2. The molecule has 1 heterocycles. The van der Waals surface area contributed by atoms with Crippen molar-refractivity contribution >= 4 is 29.4 Å². The number of rotatable bonds is 7. The fourth-order valence-electron chi connectivity index (χ4n) is 2.61. The number of benzene rings is 2. The van der Waals surface area contributed by atoms with Gasteiger partial charge in [-0.2, -0.15) is 5.10 Å². The van der Waals surface area contributed by atoms with E-state index in [-0.39, 0.29) is 12.4 Å². The fourth-order valence-corrected chi connectivity index (χ4v) is 2.95. The van der Waals surface area contributed by atoms with Gasteiger partial charge >= 0.3 is 5.97 Å². The topological polar surface area (TPSA) is 70.4 Å². The summed E-state index contributed by atoms with van der Waals surface area (Å²) in [6, 6.07) is 16.0. The lowest BCUT2D eigenvalue weighted by Gasteiger charge is -2.05. The zero-order chi connectivity index (χ0) is 20.8. The summed E-state index contributed by atoms with van der Waals surface area (Å²) in [5.74, 6) is -0.192. The van der Waals surface area contributed by atoms with Gasteiger partial charge in [-0.15, -0.1) is 0 Å². The molecule has 6 nitrogen and oxygen atoms in total. The lowest BCUT2D eigenvalue weighted by atomic mass is 10.1. The van der Waals surface area contributed by atoms with E-state index in [0.717, 1.165) is 11.4 Å². The van der Waals surface area contributed by atoms with Crippen molar-refractivity contribution in [3.8, 4) is 11.4 Å². The second-order valence-electron chi connectivity index (χ2n) is 6.12. The zero-order valence-electron chi connectivity index (χ0n) is 16.0. The molecule has 0 amide bonds. The summed E-state index contributed by atoms with van der Waals surface area (Å²) >= 11 is 6.47. The van der Waals surface area contributed by atoms with Crippen molar-refractivity contribution in [2.24, 2.45) is 0 Å². The highest BCUT2D eigenvalue weighted by molar-refractivity contribution is 6.31. The molecule has 0 N–H and O–H groups in total. The van der Waals surface area contributed by atoms with E-state index >= 15 is 0 Å². The van der Waals surface area contributed by atoms with Gasteiger partial charge in [-0.3, -0.25) is 4.79 Å². The molecule has 7 heteroatoms. The van der Waals surface area contributed by atoms with Gasteiger partial charge < -0.3 is 9.47 Å². The lowest BCUT2D eigenvalue weighted by Crippen LogP contribution is -2.12. The molecule has 3 rings (SSSR count). The molecular weight excluding hydrogens is 392 g/mol. The highest BCUT2D eigenvalue weighted by atomic mass is 35.5. The number of carbonyl (C=O) groups is 2. The number of para-hydroxylation sites is 1. The Kier molecular flexibility index (Phi) is 6.46. The van der Waals surface area contributed by atoms with Crippen LogP contribution >= 0.6 is 11.6 Å². The third kappa shape index (κ3) is 4.92. The third-order valence-electron chi connectivity index (χ3n) is 4.17. The number of hydrogen-bond acceptors (Lipinski definition) is 5. The van der Waals surface area contributed by atoms with Gasteiger partial charge in [0.25, 0.3) is 0 Å². The molecule has 0 unspecified atom stereocenters. The molecule has 0 bridgehead atoms. The predicted octanol–water partition coefficient (Wildman–Crippen LogP) is 4.28. The molecule has 2 aromatic carbocycles. The molecular formula is C22H19ClN2O4. The summed E-state index contributed by atoms with van der Waals surface area (Å²) < 4.78 is 11.4. The summed E-state index contributed by atoms with van der Waals surface area (Å²) in [6.07, 6.45) is 3.11. The highest BCUT2D eigenvalue weighted by Gasteiger charge is 2.13. The molecule has 148 valence electrons. The number of esters is 1. The van der Waals surface area contributed by atoms with Gasteiger partial charge in [-0.05, 0) is 55.5 Å². The Balaban J connectivity index is 1.72. The largest absolute Gasteiger partial charge is 0.482 e. The second-order valence-corrected chi connectivity index (χ2v) is 6.48.